The molecular formula is C13H13Cl3N4O. The van der Waals surface area contributed by atoms with Gasteiger partial charge in [-0.2, -0.15) is 0 Å². The molecule has 2 aromatic rings. The van der Waals surface area contributed by atoms with Gasteiger partial charge in [0.05, 0.1) is 20.6 Å². The number of nitrogens with one attached hydrogen (secondary N) is 1. The van der Waals surface area contributed by atoms with Gasteiger partial charge in [0.2, 0.25) is 5.88 Å². The molecule has 1 heterocycles. The van der Waals surface area contributed by atoms with E-state index in [9.17, 15) is 0 Å². The van der Waals surface area contributed by atoms with Gasteiger partial charge >= 0.3 is 0 Å². The van der Waals surface area contributed by atoms with Crippen LogP contribution in [0.2, 0.25) is 15.1 Å². The Kier molecular flexibility index (Phi) is 5.47. The molecule has 0 saturated heterocycles. The molecule has 0 aliphatic carbocycles. The Balaban J connectivity index is 2.42. The highest BCUT2D eigenvalue weighted by molar-refractivity contribution is 6.43. The van der Waals surface area contributed by atoms with Crippen molar-refractivity contribution in [1.82, 2.24) is 9.97 Å². The van der Waals surface area contributed by atoms with E-state index in [1.54, 1.807) is 6.07 Å². The van der Waals surface area contributed by atoms with Gasteiger partial charge in [0, 0.05) is 6.07 Å². The second kappa shape index (κ2) is 7.13. The Labute approximate surface area is 137 Å². The molecule has 8 heteroatoms. The lowest BCUT2D eigenvalue weighted by atomic mass is 10.2. The predicted molar refractivity (Wildman–Crippen MR) is 85.4 cm³/mol. The molecule has 1 aromatic heterocycles. The van der Waals surface area contributed by atoms with Crippen LogP contribution in [-0.4, -0.2) is 9.97 Å². The van der Waals surface area contributed by atoms with Crippen LogP contribution in [0.15, 0.2) is 18.5 Å². The first-order valence-electron chi connectivity index (χ1n) is 6.19. The maximum Gasteiger partial charge on any atom is 0.227 e. The highest BCUT2D eigenvalue weighted by Crippen LogP contribution is 2.37. The highest BCUT2D eigenvalue weighted by atomic mass is 35.5. The van der Waals surface area contributed by atoms with E-state index in [2.05, 4.69) is 15.4 Å². The quantitative estimate of drug-likeness (QED) is 0.474. The third kappa shape index (κ3) is 3.68. The summed E-state index contributed by atoms with van der Waals surface area (Å²) < 4.78 is 5.75. The van der Waals surface area contributed by atoms with E-state index in [0.29, 0.717) is 38.9 Å². The van der Waals surface area contributed by atoms with Crippen LogP contribution in [0, 0.1) is 0 Å². The molecule has 5 nitrogen and oxygen atoms in total. The fraction of sp³-hybridized carbons (Fsp3) is 0.231. The average molecular weight is 348 g/mol. The van der Waals surface area contributed by atoms with Gasteiger partial charge in [-0.05, 0) is 12.5 Å². The number of rotatable bonds is 5. The van der Waals surface area contributed by atoms with E-state index in [-0.39, 0.29) is 0 Å². The van der Waals surface area contributed by atoms with Gasteiger partial charge in [0.1, 0.15) is 17.9 Å². The Morgan fingerprint density at radius 2 is 1.86 bits per heavy atom. The largest absolute Gasteiger partial charge is 0.437 e. The molecule has 0 spiro atoms. The molecule has 0 bridgehead atoms. The van der Waals surface area contributed by atoms with Crippen molar-refractivity contribution in [3.63, 3.8) is 0 Å². The van der Waals surface area contributed by atoms with E-state index in [1.165, 1.54) is 12.4 Å². The lowest BCUT2D eigenvalue weighted by Gasteiger charge is -2.13. The summed E-state index contributed by atoms with van der Waals surface area (Å²) in [4.78, 5) is 8.20. The first-order valence-corrected chi connectivity index (χ1v) is 7.33. The molecule has 0 amide bonds. The van der Waals surface area contributed by atoms with Crippen LogP contribution in [0.3, 0.4) is 0 Å². The third-order valence-electron chi connectivity index (χ3n) is 2.72. The molecule has 2 rings (SSSR count). The van der Waals surface area contributed by atoms with Crippen molar-refractivity contribution in [2.75, 3.05) is 5.43 Å². The number of ether oxygens (including phenoxy) is 1. The fourth-order valence-corrected chi connectivity index (χ4v) is 2.35. The number of benzene rings is 1. The number of hydrogen-bond acceptors (Lipinski definition) is 5. The zero-order valence-electron chi connectivity index (χ0n) is 11.2. The molecule has 21 heavy (non-hydrogen) atoms. The number of nitrogens with two attached hydrogens (primary N) is 1. The number of nitrogens with zero attached hydrogens (tertiary/aromatic N) is 2. The number of anilines is 1. The van der Waals surface area contributed by atoms with Crippen molar-refractivity contribution >= 4 is 40.6 Å². The van der Waals surface area contributed by atoms with Crippen molar-refractivity contribution in [3.05, 3.63) is 39.1 Å². The summed E-state index contributed by atoms with van der Waals surface area (Å²) in [5, 5.41) is 1.04. The Hall–Kier alpha value is -1.27. The van der Waals surface area contributed by atoms with Gasteiger partial charge in [0.25, 0.3) is 0 Å². The molecule has 112 valence electrons. The second-order valence-corrected chi connectivity index (χ2v) is 5.42. The molecule has 0 aliphatic rings. The normalized spacial score (nSPS) is 10.5. The summed E-state index contributed by atoms with van der Waals surface area (Å²) in [6.45, 7) is 2.03. The molecule has 0 aliphatic heterocycles. The van der Waals surface area contributed by atoms with Crippen molar-refractivity contribution in [2.45, 2.75) is 19.8 Å². The van der Waals surface area contributed by atoms with Crippen molar-refractivity contribution < 1.29 is 4.74 Å². The lowest BCUT2D eigenvalue weighted by Crippen LogP contribution is -2.12. The zero-order valence-corrected chi connectivity index (χ0v) is 13.4. The molecule has 0 fully saturated rings. The monoisotopic (exact) mass is 346 g/mol. The summed E-state index contributed by atoms with van der Waals surface area (Å²) in [6, 6.07) is 3.06. The number of aromatic nitrogens is 2. The molecule has 0 saturated carbocycles. The summed E-state index contributed by atoms with van der Waals surface area (Å²) in [5.74, 6) is 6.71. The Morgan fingerprint density at radius 1 is 1.14 bits per heavy atom. The van der Waals surface area contributed by atoms with Crippen LogP contribution in [-0.2, 0) is 6.42 Å². The van der Waals surface area contributed by atoms with Gasteiger partial charge in [-0.25, -0.2) is 15.8 Å². The van der Waals surface area contributed by atoms with E-state index >= 15 is 0 Å². The van der Waals surface area contributed by atoms with Gasteiger partial charge in [-0.15, -0.1) is 0 Å². The number of nitrogen functional groups attached to an aromatic ring is 1. The molecule has 0 unspecified atom stereocenters. The van der Waals surface area contributed by atoms with Crippen LogP contribution in [0.5, 0.6) is 11.6 Å². The van der Waals surface area contributed by atoms with Crippen LogP contribution in [0.25, 0.3) is 0 Å². The first kappa shape index (κ1) is 16.1. The summed E-state index contributed by atoms with van der Waals surface area (Å²) in [6.07, 6.45) is 2.94. The Morgan fingerprint density at radius 3 is 2.52 bits per heavy atom. The smallest absolute Gasteiger partial charge is 0.227 e. The Bertz CT molecular complexity index is 652. The van der Waals surface area contributed by atoms with Gasteiger partial charge in [-0.1, -0.05) is 48.1 Å². The third-order valence-corrected chi connectivity index (χ3v) is 3.74. The number of hydrogen-bond donors (Lipinski definition) is 2. The topological polar surface area (TPSA) is 73.1 Å². The van der Waals surface area contributed by atoms with E-state index in [1.807, 2.05) is 6.92 Å². The van der Waals surface area contributed by atoms with Gasteiger partial charge in [0.15, 0.2) is 0 Å². The minimum absolute atomic E-state index is 0.340. The maximum absolute atomic E-state index is 6.10. The SMILES string of the molecule is CCCc1c(NN)ncnc1Oc1cc(Cl)c(Cl)cc1Cl. The van der Waals surface area contributed by atoms with Gasteiger partial charge in [-0.3, -0.25) is 0 Å². The maximum atomic E-state index is 6.10. The minimum atomic E-state index is 0.340. The van der Waals surface area contributed by atoms with Gasteiger partial charge < -0.3 is 10.2 Å². The number of halogens is 3. The minimum Gasteiger partial charge on any atom is -0.437 e. The van der Waals surface area contributed by atoms with E-state index < -0.39 is 0 Å². The van der Waals surface area contributed by atoms with E-state index in [0.717, 1.165) is 12.0 Å². The second-order valence-electron chi connectivity index (χ2n) is 4.20. The van der Waals surface area contributed by atoms with Crippen LogP contribution in [0.4, 0.5) is 5.82 Å². The molecule has 1 aromatic carbocycles. The molecule has 0 radical (unpaired) electrons. The molecular weight excluding hydrogens is 335 g/mol. The summed E-state index contributed by atoms with van der Waals surface area (Å²) >= 11 is 18.0. The first-order chi connectivity index (χ1) is 10.1. The fourth-order valence-electron chi connectivity index (χ4n) is 1.77. The highest BCUT2D eigenvalue weighted by Gasteiger charge is 2.15. The number of hydrazine groups is 1. The van der Waals surface area contributed by atoms with Crippen molar-refractivity contribution in [3.8, 4) is 11.6 Å². The molecule has 0 atom stereocenters. The summed E-state index contributed by atoms with van der Waals surface area (Å²) in [5.41, 5.74) is 3.30. The standard InChI is InChI=1S/C13H13Cl3N4O/c1-2-3-7-12(20-17)18-6-19-13(7)21-11-5-9(15)8(14)4-10(11)16/h4-6H,2-3,17H2,1H3,(H,18,19,20). The predicted octanol–water partition coefficient (Wildman–Crippen LogP) is 4.47. The van der Waals surface area contributed by atoms with Crippen molar-refractivity contribution in [2.24, 2.45) is 5.84 Å². The van der Waals surface area contributed by atoms with E-state index in [4.69, 9.17) is 45.4 Å². The molecule has 3 N–H and O–H groups in total. The lowest BCUT2D eigenvalue weighted by molar-refractivity contribution is 0.454. The van der Waals surface area contributed by atoms with Crippen LogP contribution >= 0.6 is 34.8 Å². The summed E-state index contributed by atoms with van der Waals surface area (Å²) in [7, 11) is 0. The van der Waals surface area contributed by atoms with Crippen LogP contribution in [0.1, 0.15) is 18.9 Å². The van der Waals surface area contributed by atoms with Crippen molar-refractivity contribution in [1.29, 1.82) is 0 Å². The zero-order chi connectivity index (χ0) is 15.4. The van der Waals surface area contributed by atoms with Crippen LogP contribution < -0.4 is 16.0 Å². The average Bonchev–Trinajstić information content (AvgIpc) is 2.46.